The number of aromatic hydroxyl groups is 2. The molecule has 0 spiro atoms. The molecule has 21 heavy (non-hydrogen) atoms. The second-order valence-corrected chi connectivity index (χ2v) is 5.25. The van der Waals surface area contributed by atoms with Crippen LogP contribution in [0, 0.1) is 0 Å². The van der Waals surface area contributed by atoms with E-state index in [1.165, 1.54) is 0 Å². The number of ether oxygens (including phenoxy) is 2. The number of hydrogen-bond acceptors (Lipinski definition) is 5. The van der Waals surface area contributed by atoms with Crippen molar-refractivity contribution in [1.29, 1.82) is 0 Å². The number of anilines is 1. The molecule has 1 unspecified atom stereocenters. The molecule has 0 saturated carbocycles. The molecular formula is C16H15NO4. The highest BCUT2D eigenvalue weighted by Gasteiger charge is 2.34. The Morgan fingerprint density at radius 3 is 2.43 bits per heavy atom. The van der Waals surface area contributed by atoms with E-state index in [2.05, 4.69) is 4.90 Å². The van der Waals surface area contributed by atoms with Gasteiger partial charge in [-0.15, -0.1) is 0 Å². The van der Waals surface area contributed by atoms with Gasteiger partial charge in [0, 0.05) is 12.1 Å². The Morgan fingerprint density at radius 2 is 1.67 bits per heavy atom. The molecule has 2 N–H and O–H groups in total. The molecule has 0 aromatic heterocycles. The number of benzene rings is 2. The number of hydrogen-bond donors (Lipinski definition) is 2. The first-order valence-electron chi connectivity index (χ1n) is 6.90. The lowest BCUT2D eigenvalue weighted by atomic mass is 10.0. The van der Waals surface area contributed by atoms with Crippen LogP contribution in [0.2, 0.25) is 0 Å². The molecule has 0 amide bonds. The summed E-state index contributed by atoms with van der Waals surface area (Å²) in [7, 11) is 0. The quantitative estimate of drug-likeness (QED) is 0.842. The average Bonchev–Trinajstić information content (AvgIpc) is 2.49. The maximum absolute atomic E-state index is 9.72. The molecule has 2 aromatic rings. The molecule has 0 saturated heterocycles. The second kappa shape index (κ2) is 4.48. The zero-order chi connectivity index (χ0) is 14.4. The average molecular weight is 285 g/mol. The fraction of sp³-hybridized carbons (Fsp3) is 0.250. The van der Waals surface area contributed by atoms with E-state index in [1.54, 1.807) is 24.3 Å². The summed E-state index contributed by atoms with van der Waals surface area (Å²) in [5.41, 5.74) is 1.97. The van der Waals surface area contributed by atoms with Gasteiger partial charge in [0.1, 0.15) is 41.9 Å². The molecule has 2 aromatic carbocycles. The summed E-state index contributed by atoms with van der Waals surface area (Å²) in [5.74, 6) is 1.71. The van der Waals surface area contributed by atoms with Gasteiger partial charge in [0.15, 0.2) is 0 Å². The molecule has 0 aliphatic carbocycles. The first-order chi connectivity index (χ1) is 10.2. The Balaban J connectivity index is 1.79. The molecule has 0 fully saturated rings. The highest BCUT2D eigenvalue weighted by molar-refractivity contribution is 5.73. The van der Waals surface area contributed by atoms with E-state index >= 15 is 0 Å². The van der Waals surface area contributed by atoms with E-state index in [0.717, 1.165) is 17.8 Å². The Bertz CT molecular complexity index is 666. The molecular weight excluding hydrogens is 270 g/mol. The van der Waals surface area contributed by atoms with Crippen molar-refractivity contribution in [3.05, 3.63) is 42.0 Å². The smallest absolute Gasteiger partial charge is 0.150 e. The Kier molecular flexibility index (Phi) is 2.60. The van der Waals surface area contributed by atoms with Crippen LogP contribution in [-0.2, 0) is 0 Å². The zero-order valence-corrected chi connectivity index (χ0v) is 11.3. The van der Waals surface area contributed by atoms with Crippen LogP contribution in [0.1, 0.15) is 11.6 Å². The molecule has 2 aliphatic heterocycles. The van der Waals surface area contributed by atoms with E-state index in [0.29, 0.717) is 24.7 Å². The second-order valence-electron chi connectivity index (χ2n) is 5.25. The van der Waals surface area contributed by atoms with Crippen molar-refractivity contribution < 1.29 is 19.7 Å². The minimum Gasteiger partial charge on any atom is -0.508 e. The van der Waals surface area contributed by atoms with Crippen molar-refractivity contribution in [2.45, 2.75) is 6.04 Å². The van der Waals surface area contributed by atoms with Gasteiger partial charge in [-0.1, -0.05) is 12.1 Å². The Hall–Kier alpha value is -2.56. The van der Waals surface area contributed by atoms with E-state index in [4.69, 9.17) is 9.47 Å². The van der Waals surface area contributed by atoms with E-state index in [-0.39, 0.29) is 17.5 Å². The third-order valence-corrected chi connectivity index (χ3v) is 3.95. The molecule has 2 aliphatic rings. The minimum absolute atomic E-state index is 0.0743. The molecule has 5 nitrogen and oxygen atoms in total. The molecule has 0 radical (unpaired) electrons. The van der Waals surface area contributed by atoms with Crippen LogP contribution in [0.25, 0.3) is 0 Å². The largest absolute Gasteiger partial charge is 0.508 e. The summed E-state index contributed by atoms with van der Waals surface area (Å²) in [6.45, 7) is 1.84. The molecule has 1 atom stereocenters. The normalized spacial score (nSPS) is 19.4. The van der Waals surface area contributed by atoms with Crippen LogP contribution in [-0.4, -0.2) is 30.0 Å². The summed E-state index contributed by atoms with van der Waals surface area (Å²) >= 11 is 0. The fourth-order valence-electron chi connectivity index (χ4n) is 2.98. The number of rotatable bonds is 1. The third kappa shape index (κ3) is 1.93. The van der Waals surface area contributed by atoms with Crippen molar-refractivity contribution >= 4 is 5.69 Å². The minimum atomic E-state index is 0.0743. The van der Waals surface area contributed by atoms with Crippen LogP contribution in [0.3, 0.4) is 0 Å². The summed E-state index contributed by atoms with van der Waals surface area (Å²) < 4.78 is 11.4. The summed E-state index contributed by atoms with van der Waals surface area (Å²) in [4.78, 5) is 2.24. The number of phenols is 2. The van der Waals surface area contributed by atoms with Gasteiger partial charge < -0.3 is 24.6 Å². The molecule has 4 rings (SSSR count). The lowest BCUT2D eigenvalue weighted by Gasteiger charge is -2.42. The zero-order valence-electron chi connectivity index (χ0n) is 11.3. The molecule has 2 heterocycles. The maximum atomic E-state index is 9.72. The molecule has 5 heteroatoms. The first-order valence-corrected chi connectivity index (χ1v) is 6.90. The van der Waals surface area contributed by atoms with Crippen LogP contribution < -0.4 is 14.4 Å². The predicted octanol–water partition coefficient (Wildman–Crippen LogP) is 2.43. The first kappa shape index (κ1) is 12.2. The maximum Gasteiger partial charge on any atom is 0.150 e. The number of nitrogens with zero attached hydrogens (tertiary/aromatic N) is 1. The van der Waals surface area contributed by atoms with Gasteiger partial charge in [-0.3, -0.25) is 0 Å². The van der Waals surface area contributed by atoms with E-state index in [9.17, 15) is 10.2 Å². The van der Waals surface area contributed by atoms with Gasteiger partial charge in [0.2, 0.25) is 0 Å². The third-order valence-electron chi connectivity index (χ3n) is 3.95. The van der Waals surface area contributed by atoms with Crippen molar-refractivity contribution in [2.24, 2.45) is 0 Å². The topological polar surface area (TPSA) is 62.2 Å². The van der Waals surface area contributed by atoms with Gasteiger partial charge in [-0.25, -0.2) is 0 Å². The lowest BCUT2D eigenvalue weighted by molar-refractivity contribution is 0.228. The van der Waals surface area contributed by atoms with Crippen molar-refractivity contribution in [3.8, 4) is 23.0 Å². The summed E-state index contributed by atoms with van der Waals surface area (Å²) in [6, 6.07) is 10.5. The van der Waals surface area contributed by atoms with Gasteiger partial charge in [0.25, 0.3) is 0 Å². The van der Waals surface area contributed by atoms with Gasteiger partial charge in [0.05, 0.1) is 12.6 Å². The van der Waals surface area contributed by atoms with E-state index < -0.39 is 0 Å². The standard InChI is InChI=1S/C16H15NO4/c18-11-3-1-10(2-4-11)13-9-21-15-8-12(19)7-14-16(15)17(13)5-6-20-14/h1-4,7-8,13,18-19H,5-6,9H2. The lowest BCUT2D eigenvalue weighted by Crippen LogP contribution is -2.41. The highest BCUT2D eigenvalue weighted by Crippen LogP contribution is 2.49. The van der Waals surface area contributed by atoms with Gasteiger partial charge >= 0.3 is 0 Å². The SMILES string of the molecule is Oc1ccc(C2COc3cc(O)cc4c3N2CCO4)cc1. The summed E-state index contributed by atoms with van der Waals surface area (Å²) in [6.07, 6.45) is 0. The van der Waals surface area contributed by atoms with Gasteiger partial charge in [-0.05, 0) is 17.7 Å². The van der Waals surface area contributed by atoms with Crippen LogP contribution in [0.4, 0.5) is 5.69 Å². The van der Waals surface area contributed by atoms with Crippen molar-refractivity contribution in [1.82, 2.24) is 0 Å². The molecule has 108 valence electrons. The predicted molar refractivity (Wildman–Crippen MR) is 77.3 cm³/mol. The Labute approximate surface area is 122 Å². The summed E-state index contributed by atoms with van der Waals surface area (Å²) in [5, 5.41) is 19.1. The Morgan fingerprint density at radius 1 is 0.952 bits per heavy atom. The fourth-order valence-corrected chi connectivity index (χ4v) is 2.98. The van der Waals surface area contributed by atoms with Crippen LogP contribution in [0.5, 0.6) is 23.0 Å². The highest BCUT2D eigenvalue weighted by atomic mass is 16.5. The van der Waals surface area contributed by atoms with Crippen LogP contribution >= 0.6 is 0 Å². The number of phenolic OH excluding ortho intramolecular Hbond substituents is 2. The van der Waals surface area contributed by atoms with Crippen LogP contribution in [0.15, 0.2) is 36.4 Å². The van der Waals surface area contributed by atoms with E-state index in [1.807, 2.05) is 12.1 Å². The molecule has 0 bridgehead atoms. The van der Waals surface area contributed by atoms with Crippen molar-refractivity contribution in [2.75, 3.05) is 24.7 Å². The monoisotopic (exact) mass is 285 g/mol. The van der Waals surface area contributed by atoms with Gasteiger partial charge in [-0.2, -0.15) is 0 Å². The van der Waals surface area contributed by atoms with Crippen molar-refractivity contribution in [3.63, 3.8) is 0 Å².